The first-order chi connectivity index (χ1) is 3.06. The van der Waals surface area contributed by atoms with Crippen molar-refractivity contribution in [2.75, 3.05) is 27.3 Å². The van der Waals surface area contributed by atoms with Crippen LogP contribution in [0.2, 0.25) is 0 Å². The van der Waals surface area contributed by atoms with Crippen molar-refractivity contribution in [3.8, 4) is 0 Å². The minimum absolute atomic E-state index is 0.0556. The van der Waals surface area contributed by atoms with E-state index in [4.69, 9.17) is 0 Å². The molecule has 0 N–H and O–H groups in total. The number of alkyl halides is 1. The maximum Gasteiger partial charge on any atom is 0.139 e. The van der Waals surface area contributed by atoms with Gasteiger partial charge in [0.25, 0.3) is 0 Å². The van der Waals surface area contributed by atoms with E-state index in [0.717, 1.165) is 0 Å². The van der Waals surface area contributed by atoms with Gasteiger partial charge >= 0.3 is 0 Å². The molecular formula is C4H10FNO. The van der Waals surface area contributed by atoms with Crippen LogP contribution >= 0.6 is 0 Å². The quantitative estimate of drug-likeness (QED) is 0.372. The third kappa shape index (κ3) is 5.85. The van der Waals surface area contributed by atoms with E-state index in [9.17, 15) is 9.60 Å². The average molecular weight is 106 g/mol. The lowest BCUT2D eigenvalue weighted by atomic mass is 10.6. The van der Waals surface area contributed by atoms with Crippen molar-refractivity contribution in [2.24, 2.45) is 0 Å². The van der Waals surface area contributed by atoms with E-state index < -0.39 is 11.3 Å². The van der Waals surface area contributed by atoms with E-state index in [-0.39, 0.29) is 6.54 Å². The largest absolute Gasteiger partial charge is 0.633 e. The van der Waals surface area contributed by atoms with Crippen LogP contribution in [0.15, 0.2) is 0 Å². The van der Waals surface area contributed by atoms with Crippen molar-refractivity contribution >= 4 is 0 Å². The Morgan fingerprint density at radius 3 is 2.00 bits per heavy atom. The molecule has 0 aromatic heterocycles. The molecule has 0 aromatic rings. The second-order valence-corrected chi connectivity index (χ2v) is 1.99. The predicted octanol–water partition coefficient (Wildman–Crippen LogP) is 0.530. The van der Waals surface area contributed by atoms with E-state index in [2.05, 4.69) is 0 Å². The van der Waals surface area contributed by atoms with Gasteiger partial charge in [-0.2, -0.15) is 0 Å². The first kappa shape index (κ1) is 6.85. The van der Waals surface area contributed by atoms with Crippen LogP contribution in [-0.4, -0.2) is 32.0 Å². The van der Waals surface area contributed by atoms with Crippen LogP contribution in [0.1, 0.15) is 0 Å². The lowest BCUT2D eigenvalue weighted by Gasteiger charge is -2.32. The Labute approximate surface area is 42.7 Å². The summed E-state index contributed by atoms with van der Waals surface area (Å²) in [6.45, 7) is -0.476. The summed E-state index contributed by atoms with van der Waals surface area (Å²) < 4.78 is 10.7. The van der Waals surface area contributed by atoms with Crippen LogP contribution in [0.4, 0.5) is 4.39 Å². The molecule has 3 heteroatoms. The Morgan fingerprint density at radius 2 is 2.00 bits per heavy atom. The molecule has 0 fully saturated rings. The summed E-state index contributed by atoms with van der Waals surface area (Å²) in [7, 11) is 2.83. The highest BCUT2D eigenvalue weighted by atomic mass is 18.2. The van der Waals surface area contributed by atoms with Gasteiger partial charge in [-0.25, -0.2) is 4.39 Å². The van der Waals surface area contributed by atoms with Crippen molar-refractivity contribution < 1.29 is 9.04 Å². The lowest BCUT2D eigenvalue weighted by Crippen LogP contribution is -2.34. The van der Waals surface area contributed by atoms with Gasteiger partial charge in [0.15, 0.2) is 0 Å². The number of hydrogen-bond donors (Lipinski definition) is 0. The summed E-state index contributed by atoms with van der Waals surface area (Å²) in [5, 5.41) is 10.4. The van der Waals surface area contributed by atoms with Crippen LogP contribution < -0.4 is 0 Å². The molecule has 0 aliphatic carbocycles. The SMILES string of the molecule is C[N+](C)([O-])CC[18F]. The number of nitrogens with zero attached hydrogens (tertiary/aromatic N) is 1. The number of quaternary nitrogens is 1. The smallest absolute Gasteiger partial charge is 0.139 e. The molecule has 0 aliphatic heterocycles. The molecule has 0 heterocycles. The fraction of sp³-hybridized carbons (Fsp3) is 1.00. The summed E-state index contributed by atoms with van der Waals surface area (Å²) in [5.74, 6) is 0. The van der Waals surface area contributed by atoms with Gasteiger partial charge in [0, 0.05) is 0 Å². The minimum Gasteiger partial charge on any atom is -0.633 e. The number of hydrogen-bond acceptors (Lipinski definition) is 1. The lowest BCUT2D eigenvalue weighted by molar-refractivity contribution is -0.839. The maximum atomic E-state index is 11.3. The Bertz CT molecular complexity index is 50.1. The first-order valence-corrected chi connectivity index (χ1v) is 2.16. The summed E-state index contributed by atoms with van der Waals surface area (Å²) >= 11 is 0. The van der Waals surface area contributed by atoms with Crippen molar-refractivity contribution in [1.82, 2.24) is 0 Å². The zero-order valence-electron chi connectivity index (χ0n) is 4.65. The summed E-state index contributed by atoms with van der Waals surface area (Å²) in [6.07, 6.45) is 0. The molecule has 7 heavy (non-hydrogen) atoms. The second kappa shape index (κ2) is 2.23. The topological polar surface area (TPSA) is 23.1 Å². The van der Waals surface area contributed by atoms with Crippen molar-refractivity contribution in [3.05, 3.63) is 5.21 Å². The van der Waals surface area contributed by atoms with E-state index in [1.54, 1.807) is 0 Å². The average Bonchev–Trinajstić information content (AvgIpc) is 1.30. The van der Waals surface area contributed by atoms with E-state index >= 15 is 0 Å². The van der Waals surface area contributed by atoms with E-state index in [1.165, 1.54) is 14.1 Å². The van der Waals surface area contributed by atoms with Crippen LogP contribution in [0.5, 0.6) is 0 Å². The molecule has 0 aromatic carbocycles. The summed E-state index contributed by atoms with van der Waals surface area (Å²) in [4.78, 5) is 0. The monoisotopic (exact) mass is 106 g/mol. The molecule has 44 valence electrons. The third-order valence-electron chi connectivity index (χ3n) is 0.623. The van der Waals surface area contributed by atoms with Gasteiger partial charge < -0.3 is 9.85 Å². The van der Waals surface area contributed by atoms with Crippen molar-refractivity contribution in [2.45, 2.75) is 0 Å². The Hall–Kier alpha value is -0.150. The van der Waals surface area contributed by atoms with Gasteiger partial charge in [-0.05, 0) is 0 Å². The van der Waals surface area contributed by atoms with Gasteiger partial charge in [0.2, 0.25) is 0 Å². The van der Waals surface area contributed by atoms with Gasteiger partial charge in [0.1, 0.15) is 13.2 Å². The Balaban J connectivity index is 3.15. The van der Waals surface area contributed by atoms with Crippen LogP contribution in [0.25, 0.3) is 0 Å². The van der Waals surface area contributed by atoms with Gasteiger partial charge in [-0.1, -0.05) is 0 Å². The molecule has 0 rings (SSSR count). The van der Waals surface area contributed by atoms with Crippen molar-refractivity contribution in [1.29, 1.82) is 0 Å². The summed E-state index contributed by atoms with van der Waals surface area (Å²) in [6, 6.07) is 0. The fourth-order valence-corrected chi connectivity index (χ4v) is 0.204. The van der Waals surface area contributed by atoms with Gasteiger partial charge in [0.05, 0.1) is 14.1 Å². The normalized spacial score (nSPS) is 12.0. The van der Waals surface area contributed by atoms with Crippen LogP contribution in [0, 0.1) is 5.21 Å². The zero-order valence-corrected chi connectivity index (χ0v) is 4.65. The van der Waals surface area contributed by atoms with Crippen LogP contribution in [0.3, 0.4) is 0 Å². The van der Waals surface area contributed by atoms with Gasteiger partial charge in [-0.3, -0.25) is 0 Å². The number of hydroxylamine groups is 3. The second-order valence-electron chi connectivity index (χ2n) is 1.99. The molecular weight excluding hydrogens is 96.1 g/mol. The number of rotatable bonds is 2. The molecule has 0 unspecified atom stereocenters. The standard InChI is InChI=1S/C4H10FNO/c1-6(2,7)4-3-5/h3-4H2,1-2H3/i5-1. The number of halogens is 1. The van der Waals surface area contributed by atoms with E-state index in [1.807, 2.05) is 0 Å². The minimum atomic E-state index is -0.531. The molecule has 0 spiro atoms. The highest BCUT2D eigenvalue weighted by Crippen LogP contribution is 1.89. The summed E-state index contributed by atoms with van der Waals surface area (Å²) in [5.41, 5.74) is 0. The highest BCUT2D eigenvalue weighted by molar-refractivity contribution is 4.26. The molecule has 2 nitrogen and oxygen atoms in total. The zero-order chi connectivity index (χ0) is 5.91. The highest BCUT2D eigenvalue weighted by Gasteiger charge is 1.97. The maximum absolute atomic E-state index is 11.3. The van der Waals surface area contributed by atoms with Crippen molar-refractivity contribution in [3.63, 3.8) is 0 Å². The molecule has 0 aliphatic rings. The Kier molecular flexibility index (Phi) is 2.19. The molecule has 0 saturated carbocycles. The molecule has 0 atom stereocenters. The third-order valence-corrected chi connectivity index (χ3v) is 0.623. The van der Waals surface area contributed by atoms with Gasteiger partial charge in [-0.15, -0.1) is 0 Å². The molecule has 0 saturated heterocycles. The molecule has 0 amide bonds. The first-order valence-electron chi connectivity index (χ1n) is 2.16. The van der Waals surface area contributed by atoms with E-state index in [0.29, 0.717) is 0 Å². The predicted molar refractivity (Wildman–Crippen MR) is 26.3 cm³/mol. The fourth-order valence-electron chi connectivity index (χ4n) is 0.204. The molecule has 0 bridgehead atoms. The Morgan fingerprint density at radius 1 is 1.57 bits per heavy atom. The van der Waals surface area contributed by atoms with Crippen LogP contribution in [-0.2, 0) is 0 Å². The molecule has 0 radical (unpaired) electrons.